The molecule has 4 heteroatoms. The highest BCUT2D eigenvalue weighted by molar-refractivity contribution is 5.82. The summed E-state index contributed by atoms with van der Waals surface area (Å²) in [6.07, 6.45) is 0.873. The molecule has 2 fully saturated rings. The van der Waals surface area contributed by atoms with Gasteiger partial charge in [-0.1, -0.05) is 12.1 Å². The third kappa shape index (κ3) is 2.80. The van der Waals surface area contributed by atoms with Crippen molar-refractivity contribution in [3.05, 3.63) is 29.8 Å². The van der Waals surface area contributed by atoms with E-state index in [1.165, 1.54) is 5.56 Å². The third-order valence-corrected chi connectivity index (χ3v) is 4.34. The maximum atomic E-state index is 12.0. The van der Waals surface area contributed by atoms with Crippen LogP contribution >= 0.6 is 0 Å². The van der Waals surface area contributed by atoms with Gasteiger partial charge in [0.15, 0.2) is 0 Å². The summed E-state index contributed by atoms with van der Waals surface area (Å²) in [5.41, 5.74) is 1.23. The highest BCUT2D eigenvalue weighted by atomic mass is 16.5. The van der Waals surface area contributed by atoms with Gasteiger partial charge in [-0.3, -0.25) is 4.79 Å². The van der Waals surface area contributed by atoms with Crippen LogP contribution in [0.4, 0.5) is 0 Å². The lowest BCUT2D eigenvalue weighted by molar-refractivity contribution is -0.122. The molecule has 1 amide bonds. The molecule has 108 valence electrons. The topological polar surface area (TPSA) is 50.4 Å². The van der Waals surface area contributed by atoms with Crippen molar-refractivity contribution in [2.24, 2.45) is 17.8 Å². The van der Waals surface area contributed by atoms with Crippen LogP contribution in [0.25, 0.3) is 0 Å². The van der Waals surface area contributed by atoms with Gasteiger partial charge in [-0.05, 0) is 56.0 Å². The van der Waals surface area contributed by atoms with Gasteiger partial charge in [0.1, 0.15) is 5.75 Å². The van der Waals surface area contributed by atoms with Crippen LogP contribution < -0.4 is 15.4 Å². The monoisotopic (exact) mass is 274 g/mol. The van der Waals surface area contributed by atoms with E-state index in [1.807, 2.05) is 19.1 Å². The first-order chi connectivity index (χ1) is 9.79. The van der Waals surface area contributed by atoms with Crippen LogP contribution in [-0.4, -0.2) is 32.1 Å². The minimum Gasteiger partial charge on any atom is -0.494 e. The van der Waals surface area contributed by atoms with E-state index in [9.17, 15) is 4.79 Å². The summed E-state index contributed by atoms with van der Waals surface area (Å²) in [4.78, 5) is 12.0. The molecule has 0 spiro atoms. The standard InChI is InChI=1S/C16H22N2O2/c1-2-20-12-5-3-11(4-6-12)7-8-18-16(19)15-13-9-17-10-14(13)15/h3-6,13-15,17H,2,7-10H2,1H3,(H,18,19)/t13-,14+,15?. The van der Waals surface area contributed by atoms with Crippen molar-refractivity contribution in [1.29, 1.82) is 0 Å². The average molecular weight is 274 g/mol. The molecular weight excluding hydrogens is 252 g/mol. The molecule has 1 saturated carbocycles. The number of carbonyl (C=O) groups is 1. The van der Waals surface area contributed by atoms with E-state index in [0.29, 0.717) is 18.4 Å². The van der Waals surface area contributed by atoms with Crippen LogP contribution in [0.1, 0.15) is 12.5 Å². The van der Waals surface area contributed by atoms with Gasteiger partial charge < -0.3 is 15.4 Å². The van der Waals surface area contributed by atoms with Gasteiger partial charge in [0, 0.05) is 12.5 Å². The highest BCUT2D eigenvalue weighted by Crippen LogP contribution is 2.48. The fourth-order valence-electron chi connectivity index (χ4n) is 3.17. The Labute approximate surface area is 119 Å². The lowest BCUT2D eigenvalue weighted by Crippen LogP contribution is -2.31. The third-order valence-electron chi connectivity index (χ3n) is 4.34. The van der Waals surface area contributed by atoms with Crippen LogP contribution in [0.15, 0.2) is 24.3 Å². The second-order valence-electron chi connectivity index (χ2n) is 5.63. The van der Waals surface area contributed by atoms with Gasteiger partial charge in [0.05, 0.1) is 6.61 Å². The largest absolute Gasteiger partial charge is 0.494 e. The first kappa shape index (κ1) is 13.4. The van der Waals surface area contributed by atoms with Crippen molar-refractivity contribution < 1.29 is 9.53 Å². The van der Waals surface area contributed by atoms with E-state index in [0.717, 1.165) is 31.8 Å². The molecule has 3 atom stereocenters. The zero-order valence-electron chi connectivity index (χ0n) is 11.9. The Kier molecular flexibility index (Phi) is 3.92. The first-order valence-electron chi connectivity index (χ1n) is 7.49. The van der Waals surface area contributed by atoms with E-state index in [-0.39, 0.29) is 11.8 Å². The van der Waals surface area contributed by atoms with Crippen molar-refractivity contribution in [1.82, 2.24) is 10.6 Å². The van der Waals surface area contributed by atoms with Gasteiger partial charge in [-0.2, -0.15) is 0 Å². The van der Waals surface area contributed by atoms with Gasteiger partial charge in [0.25, 0.3) is 0 Å². The summed E-state index contributed by atoms with van der Waals surface area (Å²) < 4.78 is 5.41. The maximum Gasteiger partial charge on any atom is 0.223 e. The van der Waals surface area contributed by atoms with Crippen LogP contribution in [0.2, 0.25) is 0 Å². The Morgan fingerprint density at radius 2 is 2.00 bits per heavy atom. The minimum absolute atomic E-state index is 0.243. The molecule has 1 aliphatic carbocycles. The summed E-state index contributed by atoms with van der Waals surface area (Å²) in [5, 5.41) is 6.38. The average Bonchev–Trinajstić information content (AvgIpc) is 2.94. The van der Waals surface area contributed by atoms with Crippen LogP contribution in [0.5, 0.6) is 5.75 Å². The molecule has 3 rings (SSSR count). The van der Waals surface area contributed by atoms with E-state index in [1.54, 1.807) is 0 Å². The Hall–Kier alpha value is -1.55. The number of hydrogen-bond donors (Lipinski definition) is 2. The Morgan fingerprint density at radius 3 is 2.65 bits per heavy atom. The molecule has 1 aromatic carbocycles. The number of carbonyl (C=O) groups excluding carboxylic acids is 1. The number of piperidine rings is 1. The van der Waals surface area contributed by atoms with E-state index in [4.69, 9.17) is 4.74 Å². The molecule has 2 N–H and O–H groups in total. The van der Waals surface area contributed by atoms with E-state index < -0.39 is 0 Å². The van der Waals surface area contributed by atoms with Crippen LogP contribution in [0.3, 0.4) is 0 Å². The number of fused-ring (bicyclic) bond motifs is 1. The summed E-state index contributed by atoms with van der Waals surface area (Å²) in [7, 11) is 0. The van der Waals surface area contributed by atoms with Crippen molar-refractivity contribution in [2.75, 3.05) is 26.2 Å². The predicted molar refractivity (Wildman–Crippen MR) is 77.7 cm³/mol. The highest BCUT2D eigenvalue weighted by Gasteiger charge is 2.56. The fraction of sp³-hybridized carbons (Fsp3) is 0.562. The second kappa shape index (κ2) is 5.83. The van der Waals surface area contributed by atoms with Crippen LogP contribution in [-0.2, 0) is 11.2 Å². The smallest absolute Gasteiger partial charge is 0.223 e. The normalized spacial score (nSPS) is 26.9. The SMILES string of the molecule is CCOc1ccc(CCNC(=O)C2[C@H]3CNC[C@@H]23)cc1. The van der Waals surface area contributed by atoms with Crippen molar-refractivity contribution in [2.45, 2.75) is 13.3 Å². The molecule has 1 aromatic rings. The van der Waals surface area contributed by atoms with Crippen LogP contribution in [0, 0.1) is 17.8 Å². The summed E-state index contributed by atoms with van der Waals surface area (Å²) in [5.74, 6) is 2.61. The number of ether oxygens (including phenoxy) is 1. The summed E-state index contributed by atoms with van der Waals surface area (Å²) >= 11 is 0. The molecule has 1 saturated heterocycles. The molecule has 1 unspecified atom stereocenters. The molecule has 0 aromatic heterocycles. The Morgan fingerprint density at radius 1 is 1.30 bits per heavy atom. The molecular formula is C16H22N2O2. The molecule has 20 heavy (non-hydrogen) atoms. The fourth-order valence-corrected chi connectivity index (χ4v) is 3.17. The molecule has 1 aliphatic heterocycles. The number of amides is 1. The van der Waals surface area contributed by atoms with Crippen molar-refractivity contribution in [3.8, 4) is 5.75 Å². The van der Waals surface area contributed by atoms with Gasteiger partial charge in [-0.25, -0.2) is 0 Å². The molecule has 0 bridgehead atoms. The zero-order valence-corrected chi connectivity index (χ0v) is 11.9. The van der Waals surface area contributed by atoms with Gasteiger partial charge in [0.2, 0.25) is 5.91 Å². The van der Waals surface area contributed by atoms with E-state index in [2.05, 4.69) is 22.8 Å². The molecule has 4 nitrogen and oxygen atoms in total. The Balaban J connectivity index is 1.40. The quantitative estimate of drug-likeness (QED) is 0.820. The number of nitrogens with one attached hydrogen (secondary N) is 2. The number of hydrogen-bond acceptors (Lipinski definition) is 3. The lowest BCUT2D eigenvalue weighted by Gasteiger charge is -2.08. The lowest BCUT2D eigenvalue weighted by atomic mass is 10.1. The van der Waals surface area contributed by atoms with Crippen molar-refractivity contribution >= 4 is 5.91 Å². The second-order valence-corrected chi connectivity index (χ2v) is 5.63. The number of rotatable bonds is 6. The van der Waals surface area contributed by atoms with E-state index >= 15 is 0 Å². The Bertz CT molecular complexity index is 462. The number of benzene rings is 1. The molecule has 0 radical (unpaired) electrons. The summed E-state index contributed by atoms with van der Waals surface area (Å²) in [6.45, 7) is 5.42. The van der Waals surface area contributed by atoms with Gasteiger partial charge >= 0.3 is 0 Å². The predicted octanol–water partition coefficient (Wildman–Crippen LogP) is 1.21. The maximum absolute atomic E-state index is 12.0. The minimum atomic E-state index is 0.243. The molecule has 1 heterocycles. The summed E-state index contributed by atoms with van der Waals surface area (Å²) in [6, 6.07) is 8.09. The van der Waals surface area contributed by atoms with Crippen molar-refractivity contribution in [3.63, 3.8) is 0 Å². The zero-order chi connectivity index (χ0) is 13.9. The first-order valence-corrected chi connectivity index (χ1v) is 7.49. The van der Waals surface area contributed by atoms with Gasteiger partial charge in [-0.15, -0.1) is 0 Å². The molecule has 2 aliphatic rings.